The number of hydrogen-bond acceptors (Lipinski definition) is 8. The van der Waals surface area contributed by atoms with Crippen molar-refractivity contribution in [3.8, 4) is 5.88 Å². The summed E-state index contributed by atoms with van der Waals surface area (Å²) in [6, 6.07) is 3.25. The fourth-order valence-corrected chi connectivity index (χ4v) is 4.17. The molecule has 0 aliphatic carbocycles. The van der Waals surface area contributed by atoms with Gasteiger partial charge in [-0.15, -0.1) is 11.3 Å². The van der Waals surface area contributed by atoms with E-state index in [1.165, 1.54) is 11.3 Å². The first-order valence-corrected chi connectivity index (χ1v) is 10.3. The van der Waals surface area contributed by atoms with Crippen LogP contribution in [-0.2, 0) is 16.0 Å². The summed E-state index contributed by atoms with van der Waals surface area (Å²) in [5, 5.41) is 4.89. The zero-order valence-electron chi connectivity index (χ0n) is 14.3. The molecular formula is C17H19N3O4S2. The first-order chi connectivity index (χ1) is 12.6. The van der Waals surface area contributed by atoms with E-state index in [1.807, 2.05) is 11.8 Å². The maximum Gasteiger partial charge on any atom is 0.311 e. The average molecular weight is 393 g/mol. The second-order valence-corrected chi connectivity index (χ2v) is 7.57. The van der Waals surface area contributed by atoms with E-state index in [0.29, 0.717) is 28.9 Å². The molecule has 0 unspecified atom stereocenters. The van der Waals surface area contributed by atoms with Gasteiger partial charge >= 0.3 is 5.97 Å². The van der Waals surface area contributed by atoms with Gasteiger partial charge in [0.05, 0.1) is 18.7 Å². The fourth-order valence-electron chi connectivity index (χ4n) is 2.37. The quantitative estimate of drug-likeness (QED) is 0.723. The second kappa shape index (κ2) is 9.00. The molecule has 1 N–H and O–H groups in total. The predicted molar refractivity (Wildman–Crippen MR) is 101 cm³/mol. The van der Waals surface area contributed by atoms with E-state index in [4.69, 9.17) is 9.47 Å². The summed E-state index contributed by atoms with van der Waals surface area (Å²) in [6.07, 6.45) is 2.79. The highest BCUT2D eigenvalue weighted by atomic mass is 32.2. The van der Waals surface area contributed by atoms with E-state index in [0.717, 1.165) is 17.9 Å². The molecule has 7 nitrogen and oxygen atoms in total. The van der Waals surface area contributed by atoms with Crippen LogP contribution in [0.2, 0.25) is 0 Å². The molecule has 0 saturated carbocycles. The van der Waals surface area contributed by atoms with Crippen molar-refractivity contribution in [3.05, 3.63) is 35.0 Å². The Hall–Kier alpha value is -2.13. The van der Waals surface area contributed by atoms with Gasteiger partial charge < -0.3 is 9.47 Å². The number of pyridine rings is 1. The number of aromatic nitrogens is 2. The van der Waals surface area contributed by atoms with Gasteiger partial charge in [-0.1, -0.05) is 0 Å². The van der Waals surface area contributed by atoms with Gasteiger partial charge in [-0.2, -0.15) is 11.8 Å². The van der Waals surface area contributed by atoms with Gasteiger partial charge in [0.1, 0.15) is 6.10 Å². The van der Waals surface area contributed by atoms with Crippen molar-refractivity contribution in [2.24, 2.45) is 0 Å². The third kappa shape index (κ3) is 5.18. The van der Waals surface area contributed by atoms with Crippen LogP contribution >= 0.6 is 23.1 Å². The molecule has 2 aromatic rings. The molecule has 138 valence electrons. The Morgan fingerprint density at radius 2 is 2.31 bits per heavy atom. The van der Waals surface area contributed by atoms with Crippen LogP contribution < -0.4 is 10.1 Å². The van der Waals surface area contributed by atoms with Crippen molar-refractivity contribution in [3.63, 3.8) is 0 Å². The van der Waals surface area contributed by atoms with Crippen molar-refractivity contribution in [1.82, 2.24) is 9.97 Å². The Bertz CT molecular complexity index is 775. The van der Waals surface area contributed by atoms with Crippen LogP contribution in [0.3, 0.4) is 0 Å². The number of ether oxygens (including phenoxy) is 2. The van der Waals surface area contributed by atoms with Crippen LogP contribution in [0.15, 0.2) is 23.7 Å². The molecule has 0 aromatic carbocycles. The first-order valence-electron chi connectivity index (χ1n) is 8.26. The van der Waals surface area contributed by atoms with Crippen molar-refractivity contribution < 1.29 is 19.1 Å². The van der Waals surface area contributed by atoms with Crippen molar-refractivity contribution in [2.75, 3.05) is 23.4 Å². The van der Waals surface area contributed by atoms with Gasteiger partial charge in [0, 0.05) is 29.0 Å². The average Bonchev–Trinajstić information content (AvgIpc) is 3.27. The number of esters is 1. The molecule has 26 heavy (non-hydrogen) atoms. The number of carbonyl (C=O) groups is 2. The van der Waals surface area contributed by atoms with Gasteiger partial charge in [0.25, 0.3) is 5.91 Å². The van der Waals surface area contributed by atoms with E-state index in [1.54, 1.807) is 30.6 Å². The number of carbonyl (C=O) groups excluding carboxylic acids is 2. The molecule has 0 spiro atoms. The Balaban J connectivity index is 1.59. The van der Waals surface area contributed by atoms with E-state index in [2.05, 4.69) is 15.3 Å². The van der Waals surface area contributed by atoms with Crippen LogP contribution in [0.1, 0.15) is 29.4 Å². The van der Waals surface area contributed by atoms with Crippen LogP contribution in [0, 0.1) is 0 Å². The van der Waals surface area contributed by atoms with E-state index >= 15 is 0 Å². The van der Waals surface area contributed by atoms with Crippen molar-refractivity contribution in [1.29, 1.82) is 0 Å². The highest BCUT2D eigenvalue weighted by Gasteiger charge is 2.18. The Morgan fingerprint density at radius 1 is 1.42 bits per heavy atom. The maximum atomic E-state index is 12.4. The highest BCUT2D eigenvalue weighted by molar-refractivity contribution is 7.99. The smallest absolute Gasteiger partial charge is 0.311 e. The number of anilines is 1. The summed E-state index contributed by atoms with van der Waals surface area (Å²) < 4.78 is 10.7. The number of nitrogens with one attached hydrogen (secondary N) is 1. The van der Waals surface area contributed by atoms with Crippen LogP contribution in [-0.4, -0.2) is 46.1 Å². The second-order valence-electron chi connectivity index (χ2n) is 5.57. The molecule has 1 fully saturated rings. The molecule has 3 rings (SSSR count). The number of thiazole rings is 1. The molecule has 3 heterocycles. The molecule has 1 saturated heterocycles. The SMILES string of the molecule is CCOC(=O)Cc1csc(NC(=O)c2ccnc(O[C@@H]3CCSC3)c2)n1. The van der Waals surface area contributed by atoms with Gasteiger partial charge in [0.15, 0.2) is 5.13 Å². The standard InChI is InChI=1S/C17H19N3O4S2/c1-2-23-15(21)8-12-9-26-17(19-12)20-16(22)11-3-5-18-14(7-11)24-13-4-6-25-10-13/h3,5,7,9,13H,2,4,6,8,10H2,1H3,(H,19,20,22)/t13-/m1/s1. The first kappa shape index (κ1) is 18.7. The van der Waals surface area contributed by atoms with E-state index in [9.17, 15) is 9.59 Å². The normalized spacial score (nSPS) is 16.3. The summed E-state index contributed by atoms with van der Waals surface area (Å²) in [5.41, 5.74) is 1.02. The maximum absolute atomic E-state index is 12.4. The number of hydrogen-bond donors (Lipinski definition) is 1. The van der Waals surface area contributed by atoms with Gasteiger partial charge in [-0.25, -0.2) is 9.97 Å². The third-order valence-electron chi connectivity index (χ3n) is 3.58. The number of rotatable bonds is 7. The Morgan fingerprint density at radius 3 is 3.08 bits per heavy atom. The number of amides is 1. The monoisotopic (exact) mass is 393 g/mol. The molecule has 0 bridgehead atoms. The largest absolute Gasteiger partial charge is 0.473 e. The number of nitrogens with zero attached hydrogens (tertiary/aromatic N) is 2. The van der Waals surface area contributed by atoms with Gasteiger partial charge in [-0.3, -0.25) is 14.9 Å². The zero-order valence-corrected chi connectivity index (χ0v) is 15.9. The molecular weight excluding hydrogens is 374 g/mol. The molecule has 1 aliphatic rings. The molecule has 2 aromatic heterocycles. The van der Waals surface area contributed by atoms with Crippen LogP contribution in [0.25, 0.3) is 0 Å². The lowest BCUT2D eigenvalue weighted by Gasteiger charge is -2.11. The summed E-state index contributed by atoms with van der Waals surface area (Å²) in [5.74, 6) is 1.85. The Kier molecular flexibility index (Phi) is 6.45. The highest BCUT2D eigenvalue weighted by Crippen LogP contribution is 2.23. The summed E-state index contributed by atoms with van der Waals surface area (Å²) in [6.45, 7) is 2.08. The topological polar surface area (TPSA) is 90.4 Å². The third-order valence-corrected chi connectivity index (χ3v) is 5.51. The minimum Gasteiger partial charge on any atom is -0.473 e. The fraction of sp³-hybridized carbons (Fsp3) is 0.412. The summed E-state index contributed by atoms with van der Waals surface area (Å²) in [4.78, 5) is 32.3. The van der Waals surface area contributed by atoms with Crippen molar-refractivity contribution >= 4 is 40.1 Å². The lowest BCUT2D eigenvalue weighted by Crippen LogP contribution is -2.17. The zero-order chi connectivity index (χ0) is 18.4. The lowest BCUT2D eigenvalue weighted by atomic mass is 10.2. The molecule has 1 aliphatic heterocycles. The molecule has 1 amide bonds. The Labute approximate surface area is 159 Å². The number of thioether (sulfide) groups is 1. The minimum atomic E-state index is -0.336. The molecule has 9 heteroatoms. The van der Waals surface area contributed by atoms with Gasteiger partial charge in [-0.05, 0) is 25.2 Å². The van der Waals surface area contributed by atoms with Crippen molar-refractivity contribution in [2.45, 2.75) is 25.9 Å². The predicted octanol–water partition coefficient (Wildman–Crippen LogP) is 2.78. The van der Waals surface area contributed by atoms with E-state index < -0.39 is 0 Å². The molecule has 0 radical (unpaired) electrons. The minimum absolute atomic E-state index is 0.0901. The van der Waals surface area contributed by atoms with Crippen LogP contribution in [0.5, 0.6) is 5.88 Å². The van der Waals surface area contributed by atoms with E-state index in [-0.39, 0.29) is 24.4 Å². The van der Waals surface area contributed by atoms with Crippen LogP contribution in [0.4, 0.5) is 5.13 Å². The summed E-state index contributed by atoms with van der Waals surface area (Å²) in [7, 11) is 0. The summed E-state index contributed by atoms with van der Waals surface area (Å²) >= 11 is 3.11. The van der Waals surface area contributed by atoms with Gasteiger partial charge in [0.2, 0.25) is 5.88 Å². The molecule has 1 atom stereocenters. The lowest BCUT2D eigenvalue weighted by molar-refractivity contribution is -0.142.